The molecule has 2 aromatic rings. The molecule has 33 heavy (non-hydrogen) atoms. The molecule has 1 unspecified atom stereocenters. The molecule has 4 rings (SSSR count). The summed E-state index contributed by atoms with van der Waals surface area (Å²) in [7, 11) is 1.74. The number of hydroxylamine groups is 1. The number of ether oxygens (including phenoxy) is 2. The monoisotopic (exact) mass is 452 g/mol. The predicted octanol–water partition coefficient (Wildman–Crippen LogP) is 3.53. The molecule has 0 amide bonds. The van der Waals surface area contributed by atoms with Crippen molar-refractivity contribution in [2.45, 2.75) is 32.5 Å². The van der Waals surface area contributed by atoms with E-state index in [1.807, 2.05) is 37.3 Å². The molecule has 2 aliphatic rings. The second kappa shape index (κ2) is 11.9. The zero-order valence-corrected chi connectivity index (χ0v) is 19.8. The number of benzene rings is 2. The normalized spacial score (nSPS) is 18.7. The summed E-state index contributed by atoms with van der Waals surface area (Å²) in [6, 6.07) is 16.6. The lowest BCUT2D eigenvalue weighted by molar-refractivity contribution is 0.108. The van der Waals surface area contributed by atoms with Crippen molar-refractivity contribution in [3.05, 3.63) is 65.9 Å². The van der Waals surface area contributed by atoms with Gasteiger partial charge in [0.2, 0.25) is 0 Å². The van der Waals surface area contributed by atoms with Crippen LogP contribution in [0.5, 0.6) is 11.5 Å². The third kappa shape index (κ3) is 6.87. The summed E-state index contributed by atoms with van der Waals surface area (Å²) >= 11 is 0. The Bertz CT molecular complexity index is 895. The first kappa shape index (κ1) is 23.4. The lowest BCUT2D eigenvalue weighted by Gasteiger charge is -2.36. The molecular formula is C26H36N4O3. The van der Waals surface area contributed by atoms with Gasteiger partial charge in [0.25, 0.3) is 0 Å². The van der Waals surface area contributed by atoms with Crippen molar-refractivity contribution in [3.63, 3.8) is 0 Å². The average molecular weight is 453 g/mol. The van der Waals surface area contributed by atoms with Crippen molar-refractivity contribution in [2.75, 3.05) is 51.3 Å². The maximum Gasteiger partial charge on any atom is 0.142 e. The molecule has 1 atom stereocenters. The number of nitrogens with one attached hydrogen (secondary N) is 2. The van der Waals surface area contributed by atoms with Crippen molar-refractivity contribution in [2.24, 2.45) is 0 Å². The second-order valence-corrected chi connectivity index (χ2v) is 8.56. The Morgan fingerprint density at radius 2 is 1.82 bits per heavy atom. The van der Waals surface area contributed by atoms with Crippen LogP contribution in [-0.2, 0) is 11.4 Å². The summed E-state index contributed by atoms with van der Waals surface area (Å²) in [5.74, 6) is 2.79. The molecule has 7 heteroatoms. The van der Waals surface area contributed by atoms with Gasteiger partial charge in [-0.3, -0.25) is 10.2 Å². The molecule has 0 aromatic heterocycles. The molecule has 1 fully saturated rings. The van der Waals surface area contributed by atoms with E-state index in [0.717, 1.165) is 76.0 Å². The summed E-state index contributed by atoms with van der Waals surface area (Å²) in [5, 5.41) is 3.39. The molecule has 2 aliphatic heterocycles. The molecule has 0 radical (unpaired) electrons. The van der Waals surface area contributed by atoms with Crippen LogP contribution in [-0.4, -0.2) is 57.5 Å². The van der Waals surface area contributed by atoms with Gasteiger partial charge < -0.3 is 19.2 Å². The molecule has 1 saturated heterocycles. The number of rotatable bonds is 11. The summed E-state index contributed by atoms with van der Waals surface area (Å²) in [6.45, 7) is 8.85. The fraction of sp³-hybridized carbons (Fsp3) is 0.462. The van der Waals surface area contributed by atoms with Crippen LogP contribution in [0, 0.1) is 0 Å². The zero-order valence-electron chi connectivity index (χ0n) is 19.8. The SMILES string of the molecule is COc1ccccc1N1CCN(CCCCOc2ccc(CNC3C=C(C)ON3)cc2)CC1. The highest BCUT2D eigenvalue weighted by Gasteiger charge is 2.19. The molecule has 0 spiro atoms. The number of nitrogens with zero attached hydrogens (tertiary/aromatic N) is 2. The number of anilines is 1. The zero-order chi connectivity index (χ0) is 22.9. The first-order valence-corrected chi connectivity index (χ1v) is 11.9. The Balaban J connectivity index is 1.08. The summed E-state index contributed by atoms with van der Waals surface area (Å²) in [6.07, 6.45) is 4.30. The smallest absolute Gasteiger partial charge is 0.142 e. The predicted molar refractivity (Wildman–Crippen MR) is 131 cm³/mol. The van der Waals surface area contributed by atoms with Gasteiger partial charge in [-0.05, 0) is 62.2 Å². The maximum atomic E-state index is 5.94. The third-order valence-electron chi connectivity index (χ3n) is 6.13. The molecule has 2 heterocycles. The van der Waals surface area contributed by atoms with Crippen LogP contribution in [0.3, 0.4) is 0 Å². The molecule has 7 nitrogen and oxygen atoms in total. The molecule has 2 N–H and O–H groups in total. The van der Waals surface area contributed by atoms with E-state index in [2.05, 4.69) is 44.9 Å². The highest BCUT2D eigenvalue weighted by Crippen LogP contribution is 2.28. The highest BCUT2D eigenvalue weighted by molar-refractivity contribution is 5.58. The number of hydrogen-bond acceptors (Lipinski definition) is 7. The number of piperazine rings is 1. The van der Waals surface area contributed by atoms with E-state index >= 15 is 0 Å². The van der Waals surface area contributed by atoms with Crippen LogP contribution >= 0.6 is 0 Å². The van der Waals surface area contributed by atoms with E-state index < -0.39 is 0 Å². The number of methoxy groups -OCH3 is 1. The van der Waals surface area contributed by atoms with Crippen molar-refractivity contribution in [3.8, 4) is 11.5 Å². The molecule has 0 aliphatic carbocycles. The number of unbranched alkanes of at least 4 members (excludes halogenated alkanes) is 1. The summed E-state index contributed by atoms with van der Waals surface area (Å²) in [4.78, 5) is 10.2. The van der Waals surface area contributed by atoms with Crippen LogP contribution in [0.1, 0.15) is 25.3 Å². The fourth-order valence-electron chi connectivity index (χ4n) is 4.22. The van der Waals surface area contributed by atoms with Crippen molar-refractivity contribution in [1.82, 2.24) is 15.7 Å². The third-order valence-corrected chi connectivity index (χ3v) is 6.13. The van der Waals surface area contributed by atoms with E-state index in [1.54, 1.807) is 7.11 Å². The average Bonchev–Trinajstić information content (AvgIpc) is 3.28. The van der Waals surface area contributed by atoms with E-state index in [1.165, 1.54) is 11.3 Å². The van der Waals surface area contributed by atoms with Crippen LogP contribution in [0.4, 0.5) is 5.69 Å². The van der Waals surface area contributed by atoms with Crippen molar-refractivity contribution < 1.29 is 14.3 Å². The molecular weight excluding hydrogens is 416 g/mol. The molecule has 178 valence electrons. The van der Waals surface area contributed by atoms with Gasteiger partial charge in [-0.2, -0.15) is 0 Å². The topological polar surface area (TPSA) is 58.2 Å². The Kier molecular flexibility index (Phi) is 8.47. The minimum atomic E-state index is 0.0603. The lowest BCUT2D eigenvalue weighted by atomic mass is 10.2. The molecule has 0 saturated carbocycles. The first-order valence-electron chi connectivity index (χ1n) is 11.9. The number of para-hydroxylation sites is 2. The summed E-state index contributed by atoms with van der Waals surface area (Å²) < 4.78 is 11.5. The van der Waals surface area contributed by atoms with E-state index in [9.17, 15) is 0 Å². The Hall–Kier alpha value is -2.74. The van der Waals surface area contributed by atoms with Gasteiger partial charge in [0.1, 0.15) is 23.4 Å². The van der Waals surface area contributed by atoms with E-state index in [4.69, 9.17) is 14.3 Å². The van der Waals surface area contributed by atoms with Crippen LogP contribution in [0.15, 0.2) is 60.4 Å². The van der Waals surface area contributed by atoms with Crippen LogP contribution in [0.25, 0.3) is 0 Å². The number of hydrogen-bond donors (Lipinski definition) is 2. The number of allylic oxidation sites excluding steroid dienone is 1. The van der Waals surface area contributed by atoms with Gasteiger partial charge in [0.05, 0.1) is 19.4 Å². The van der Waals surface area contributed by atoms with Gasteiger partial charge in [0.15, 0.2) is 0 Å². The fourth-order valence-corrected chi connectivity index (χ4v) is 4.22. The molecule has 2 aromatic carbocycles. The Morgan fingerprint density at radius 1 is 1.03 bits per heavy atom. The Labute approximate surface area is 197 Å². The Morgan fingerprint density at radius 3 is 2.55 bits per heavy atom. The van der Waals surface area contributed by atoms with Crippen molar-refractivity contribution in [1.29, 1.82) is 0 Å². The van der Waals surface area contributed by atoms with Crippen molar-refractivity contribution >= 4 is 5.69 Å². The van der Waals surface area contributed by atoms with Gasteiger partial charge in [-0.1, -0.05) is 24.3 Å². The van der Waals surface area contributed by atoms with Gasteiger partial charge in [0, 0.05) is 32.7 Å². The highest BCUT2D eigenvalue weighted by atomic mass is 16.7. The van der Waals surface area contributed by atoms with Gasteiger partial charge >= 0.3 is 0 Å². The second-order valence-electron chi connectivity index (χ2n) is 8.56. The maximum absolute atomic E-state index is 5.94. The summed E-state index contributed by atoms with van der Waals surface area (Å²) in [5.41, 5.74) is 5.34. The standard InChI is InChI=1S/C26H36N4O3/c1-21-19-26(28-33-21)27-20-22-9-11-23(12-10-22)32-18-6-5-13-29-14-16-30(17-15-29)24-7-3-4-8-25(24)31-2/h3-4,7-12,19,26-28H,5-6,13-18,20H2,1-2H3. The molecule has 0 bridgehead atoms. The minimum absolute atomic E-state index is 0.0603. The lowest BCUT2D eigenvalue weighted by Crippen LogP contribution is -2.46. The first-order chi connectivity index (χ1) is 16.2. The largest absolute Gasteiger partial charge is 0.495 e. The van der Waals surface area contributed by atoms with E-state index in [0.29, 0.717) is 0 Å². The van der Waals surface area contributed by atoms with Gasteiger partial charge in [-0.25, -0.2) is 0 Å². The quantitative estimate of drug-likeness (QED) is 0.506. The van der Waals surface area contributed by atoms with E-state index in [-0.39, 0.29) is 6.17 Å². The van der Waals surface area contributed by atoms with Gasteiger partial charge in [-0.15, -0.1) is 5.48 Å². The van der Waals surface area contributed by atoms with Crippen LogP contribution < -0.4 is 25.2 Å². The van der Waals surface area contributed by atoms with Crippen LogP contribution in [0.2, 0.25) is 0 Å². The minimum Gasteiger partial charge on any atom is -0.495 e.